The van der Waals surface area contributed by atoms with E-state index in [0.29, 0.717) is 5.02 Å². The van der Waals surface area contributed by atoms with Gasteiger partial charge >= 0.3 is 0 Å². The predicted octanol–water partition coefficient (Wildman–Crippen LogP) is 4.86. The van der Waals surface area contributed by atoms with Crippen LogP contribution in [0.3, 0.4) is 0 Å². The molecular formula is C17H16ClNO. The van der Waals surface area contributed by atoms with Crippen LogP contribution in [-0.2, 0) is 6.54 Å². The lowest BCUT2D eigenvalue weighted by Gasteiger charge is -2.02. The van der Waals surface area contributed by atoms with Gasteiger partial charge in [-0.1, -0.05) is 48.9 Å². The Bertz CT molecular complexity index is 718. The fourth-order valence-electron chi connectivity index (χ4n) is 2.30. The quantitative estimate of drug-likeness (QED) is 0.740. The van der Waals surface area contributed by atoms with Gasteiger partial charge in [0.1, 0.15) is 5.76 Å². The van der Waals surface area contributed by atoms with Gasteiger partial charge in [-0.25, -0.2) is 0 Å². The number of hydrogen-bond acceptors (Lipinski definition) is 2. The first-order valence-corrected chi connectivity index (χ1v) is 7.14. The Morgan fingerprint density at radius 1 is 1.05 bits per heavy atom. The molecule has 3 aromatic rings. The van der Waals surface area contributed by atoms with Gasteiger partial charge in [-0.2, -0.15) is 0 Å². The summed E-state index contributed by atoms with van der Waals surface area (Å²) in [5.74, 6) is 0.911. The number of fused-ring (bicyclic) bond motifs is 1. The highest BCUT2D eigenvalue weighted by Crippen LogP contribution is 2.32. The third kappa shape index (κ3) is 2.58. The van der Waals surface area contributed by atoms with Crippen LogP contribution in [0.1, 0.15) is 12.7 Å². The van der Waals surface area contributed by atoms with E-state index in [0.717, 1.165) is 40.9 Å². The molecule has 0 amide bonds. The van der Waals surface area contributed by atoms with Gasteiger partial charge < -0.3 is 9.73 Å². The molecule has 1 aromatic heterocycles. The summed E-state index contributed by atoms with van der Waals surface area (Å²) in [7, 11) is 0. The van der Waals surface area contributed by atoms with E-state index >= 15 is 0 Å². The number of halogens is 1. The molecular weight excluding hydrogens is 270 g/mol. The second-order valence-corrected chi connectivity index (χ2v) is 5.14. The molecule has 102 valence electrons. The minimum atomic E-state index is 0.657. The second kappa shape index (κ2) is 5.70. The third-order valence-corrected chi connectivity index (χ3v) is 3.56. The molecule has 0 unspecified atom stereocenters. The number of benzene rings is 2. The number of rotatable bonds is 4. The number of hydrogen-bond donors (Lipinski definition) is 1. The smallest absolute Gasteiger partial charge is 0.152 e. The Morgan fingerprint density at radius 3 is 2.60 bits per heavy atom. The van der Waals surface area contributed by atoms with E-state index in [4.69, 9.17) is 16.0 Å². The van der Waals surface area contributed by atoms with Gasteiger partial charge in [0.2, 0.25) is 0 Å². The molecule has 2 aromatic carbocycles. The normalized spacial score (nSPS) is 11.1. The predicted molar refractivity (Wildman–Crippen MR) is 84.0 cm³/mol. The molecule has 3 rings (SSSR count). The van der Waals surface area contributed by atoms with Crippen molar-refractivity contribution in [3.63, 3.8) is 0 Å². The van der Waals surface area contributed by atoms with Gasteiger partial charge in [-0.05, 0) is 35.9 Å². The molecule has 20 heavy (non-hydrogen) atoms. The first kappa shape index (κ1) is 13.2. The molecule has 0 radical (unpaired) electrons. The molecule has 0 fully saturated rings. The van der Waals surface area contributed by atoms with Crippen LogP contribution in [0.5, 0.6) is 0 Å². The highest BCUT2D eigenvalue weighted by molar-refractivity contribution is 6.35. The second-order valence-electron chi connectivity index (χ2n) is 4.74. The highest BCUT2D eigenvalue weighted by Gasteiger charge is 2.10. The topological polar surface area (TPSA) is 25.2 Å². The standard InChI is InChI=1S/C17H16ClNO/c1-2-19-11-15-9-14-8-13(10-16(18)17(14)20-15)12-6-4-3-5-7-12/h3-10,19H,2,11H2,1H3. The zero-order valence-corrected chi connectivity index (χ0v) is 12.1. The van der Waals surface area contributed by atoms with Crippen molar-refractivity contribution in [2.75, 3.05) is 6.54 Å². The summed E-state index contributed by atoms with van der Waals surface area (Å²) in [5, 5.41) is 4.96. The lowest BCUT2D eigenvalue weighted by atomic mass is 10.0. The summed E-state index contributed by atoms with van der Waals surface area (Å²) in [6, 6.07) is 16.4. The van der Waals surface area contributed by atoms with Crippen LogP contribution in [0, 0.1) is 0 Å². The van der Waals surface area contributed by atoms with Crippen LogP contribution in [0.15, 0.2) is 52.9 Å². The minimum Gasteiger partial charge on any atom is -0.458 e. The van der Waals surface area contributed by atoms with Gasteiger partial charge in [-0.15, -0.1) is 0 Å². The van der Waals surface area contributed by atoms with Gasteiger partial charge in [0.25, 0.3) is 0 Å². The number of furan rings is 1. The Hall–Kier alpha value is -1.77. The largest absolute Gasteiger partial charge is 0.458 e. The molecule has 1 heterocycles. The van der Waals surface area contributed by atoms with E-state index in [2.05, 4.69) is 36.5 Å². The fraction of sp³-hybridized carbons (Fsp3) is 0.176. The third-order valence-electron chi connectivity index (χ3n) is 3.28. The first-order chi connectivity index (χ1) is 9.78. The SMILES string of the molecule is CCNCc1cc2cc(-c3ccccc3)cc(Cl)c2o1. The molecule has 0 aliphatic carbocycles. The molecule has 0 saturated carbocycles. The molecule has 0 spiro atoms. The van der Waals surface area contributed by atoms with E-state index in [1.165, 1.54) is 0 Å². The van der Waals surface area contributed by atoms with Crippen LogP contribution < -0.4 is 5.32 Å². The van der Waals surface area contributed by atoms with Crippen LogP contribution in [0.2, 0.25) is 5.02 Å². The minimum absolute atomic E-state index is 0.657. The maximum Gasteiger partial charge on any atom is 0.152 e. The molecule has 1 N–H and O–H groups in total. The lowest BCUT2D eigenvalue weighted by molar-refractivity contribution is 0.520. The Kier molecular flexibility index (Phi) is 3.77. The van der Waals surface area contributed by atoms with Crippen molar-refractivity contribution in [1.82, 2.24) is 5.32 Å². The summed E-state index contributed by atoms with van der Waals surface area (Å²) in [4.78, 5) is 0. The van der Waals surface area contributed by atoms with E-state index in [9.17, 15) is 0 Å². The zero-order valence-electron chi connectivity index (χ0n) is 11.3. The first-order valence-electron chi connectivity index (χ1n) is 6.76. The van der Waals surface area contributed by atoms with Gasteiger partial charge in [0, 0.05) is 5.39 Å². The van der Waals surface area contributed by atoms with Crippen molar-refractivity contribution in [3.8, 4) is 11.1 Å². The van der Waals surface area contributed by atoms with Crippen LogP contribution in [0.4, 0.5) is 0 Å². The fourth-order valence-corrected chi connectivity index (χ4v) is 2.56. The van der Waals surface area contributed by atoms with Crippen molar-refractivity contribution in [3.05, 3.63) is 59.3 Å². The molecule has 3 heteroatoms. The summed E-state index contributed by atoms with van der Waals surface area (Å²) in [6.07, 6.45) is 0. The van der Waals surface area contributed by atoms with Crippen molar-refractivity contribution < 1.29 is 4.42 Å². The van der Waals surface area contributed by atoms with Gasteiger partial charge in [-0.3, -0.25) is 0 Å². The Balaban J connectivity index is 2.05. The van der Waals surface area contributed by atoms with E-state index < -0.39 is 0 Å². The monoisotopic (exact) mass is 285 g/mol. The average Bonchev–Trinajstić information content (AvgIpc) is 2.89. The summed E-state index contributed by atoms with van der Waals surface area (Å²) < 4.78 is 5.80. The summed E-state index contributed by atoms with van der Waals surface area (Å²) in [6.45, 7) is 3.71. The van der Waals surface area contributed by atoms with Gasteiger partial charge in [0.15, 0.2) is 5.58 Å². The van der Waals surface area contributed by atoms with E-state index in [-0.39, 0.29) is 0 Å². The average molecular weight is 286 g/mol. The maximum absolute atomic E-state index is 6.35. The maximum atomic E-state index is 6.35. The lowest BCUT2D eigenvalue weighted by Crippen LogP contribution is -2.10. The van der Waals surface area contributed by atoms with Crippen LogP contribution in [0.25, 0.3) is 22.1 Å². The summed E-state index contributed by atoms with van der Waals surface area (Å²) in [5.41, 5.74) is 3.03. The van der Waals surface area contributed by atoms with Crippen molar-refractivity contribution in [1.29, 1.82) is 0 Å². The zero-order chi connectivity index (χ0) is 13.9. The highest BCUT2D eigenvalue weighted by atomic mass is 35.5. The molecule has 0 bridgehead atoms. The molecule has 0 atom stereocenters. The number of nitrogens with one attached hydrogen (secondary N) is 1. The van der Waals surface area contributed by atoms with Crippen molar-refractivity contribution >= 4 is 22.6 Å². The molecule has 2 nitrogen and oxygen atoms in total. The van der Waals surface area contributed by atoms with Crippen molar-refractivity contribution in [2.45, 2.75) is 13.5 Å². The van der Waals surface area contributed by atoms with E-state index in [1.807, 2.05) is 24.3 Å². The Labute approximate surface area is 123 Å². The molecule has 0 saturated heterocycles. The summed E-state index contributed by atoms with van der Waals surface area (Å²) >= 11 is 6.35. The van der Waals surface area contributed by atoms with E-state index in [1.54, 1.807) is 0 Å². The van der Waals surface area contributed by atoms with Gasteiger partial charge in [0.05, 0.1) is 11.6 Å². The van der Waals surface area contributed by atoms with Crippen LogP contribution >= 0.6 is 11.6 Å². The Morgan fingerprint density at radius 2 is 1.85 bits per heavy atom. The molecule has 0 aliphatic heterocycles. The molecule has 0 aliphatic rings. The van der Waals surface area contributed by atoms with Crippen molar-refractivity contribution in [2.24, 2.45) is 0 Å². The van der Waals surface area contributed by atoms with Crippen LogP contribution in [-0.4, -0.2) is 6.54 Å².